The van der Waals surface area contributed by atoms with Gasteiger partial charge in [-0.1, -0.05) is 17.7 Å². The third kappa shape index (κ3) is 11.1. The molecule has 0 saturated carbocycles. The third-order valence-electron chi connectivity index (χ3n) is 3.30. The van der Waals surface area contributed by atoms with E-state index < -0.39 is 21.4 Å². The van der Waals surface area contributed by atoms with Gasteiger partial charge in [0.25, 0.3) is 0 Å². The van der Waals surface area contributed by atoms with Crippen LogP contribution >= 0.6 is 0 Å². The van der Waals surface area contributed by atoms with Crippen molar-refractivity contribution in [1.82, 2.24) is 0 Å². The van der Waals surface area contributed by atoms with Crippen LogP contribution in [0.25, 0.3) is 0 Å². The number of carbonyl (C=O) groups excluding carboxylic acids is 2. The lowest BCUT2D eigenvalue weighted by molar-refractivity contribution is -0.160. The summed E-state index contributed by atoms with van der Waals surface area (Å²) in [6, 6.07) is 6.67. The van der Waals surface area contributed by atoms with E-state index in [1.165, 1.54) is 5.23 Å². The van der Waals surface area contributed by atoms with Crippen LogP contribution in [0.3, 0.4) is 0 Å². The largest absolute Gasteiger partial charge is 0.458 e. The third-order valence-corrected chi connectivity index (χ3v) is 4.91. The van der Waals surface area contributed by atoms with Crippen LogP contribution in [0, 0.1) is 6.92 Å². The van der Waals surface area contributed by atoms with Crippen molar-refractivity contribution in [3.05, 3.63) is 29.8 Å². The highest BCUT2D eigenvalue weighted by atomic mass is 32.2. The highest BCUT2D eigenvalue weighted by molar-refractivity contribution is 7.96. The van der Waals surface area contributed by atoms with E-state index in [9.17, 15) is 13.8 Å². The second-order valence-corrected chi connectivity index (χ2v) is 8.97. The van der Waals surface area contributed by atoms with Gasteiger partial charge in [0, 0.05) is 0 Å². The molecule has 0 amide bonds. The summed E-state index contributed by atoms with van der Waals surface area (Å²) in [5.41, 5.74) is 0.453. The molecule has 0 spiro atoms. The molecular weight excluding hydrogens is 400 g/mol. The molecule has 0 saturated heterocycles. The Labute approximate surface area is 172 Å². The standard InChI is InChI=1S/C20H30O8S/c1-17-5-7-18(8-6-17)29(23,16-21)27-14-13-25-10-9-24-11-12-26-15-19(22)28-20(2,3)4/h5-8H,9-15H2,1-4H3. The van der Waals surface area contributed by atoms with Gasteiger partial charge >= 0.3 is 5.97 Å². The zero-order valence-corrected chi connectivity index (χ0v) is 18.2. The number of rotatable bonds is 13. The van der Waals surface area contributed by atoms with Gasteiger partial charge in [-0.05, 0) is 39.8 Å². The average molecular weight is 431 g/mol. The second-order valence-electron chi connectivity index (χ2n) is 7.09. The summed E-state index contributed by atoms with van der Waals surface area (Å²) in [6.45, 7) is 8.47. The summed E-state index contributed by atoms with van der Waals surface area (Å²) >= 11 is 0. The van der Waals surface area contributed by atoms with Gasteiger partial charge in [-0.15, -0.1) is 0 Å². The van der Waals surface area contributed by atoms with Gasteiger partial charge in [0.2, 0.25) is 5.23 Å². The Morgan fingerprint density at radius 2 is 1.45 bits per heavy atom. The molecule has 0 bridgehead atoms. The summed E-state index contributed by atoms with van der Waals surface area (Å²) in [4.78, 5) is 22.8. The zero-order valence-electron chi connectivity index (χ0n) is 17.4. The summed E-state index contributed by atoms with van der Waals surface area (Å²) < 4.78 is 38.5. The van der Waals surface area contributed by atoms with E-state index in [2.05, 4.69) is 0 Å². The van der Waals surface area contributed by atoms with Crippen molar-refractivity contribution in [1.29, 1.82) is 0 Å². The van der Waals surface area contributed by atoms with Crippen LogP contribution in [-0.2, 0) is 42.5 Å². The Kier molecular flexibility index (Phi) is 11.1. The molecular formula is C20H30O8S. The summed E-state index contributed by atoms with van der Waals surface area (Å²) in [5, 5.41) is 1.49. The first-order valence-electron chi connectivity index (χ1n) is 9.25. The van der Waals surface area contributed by atoms with Crippen molar-refractivity contribution in [3.63, 3.8) is 0 Å². The van der Waals surface area contributed by atoms with E-state index in [4.69, 9.17) is 23.1 Å². The van der Waals surface area contributed by atoms with Crippen molar-refractivity contribution in [3.8, 4) is 0 Å². The van der Waals surface area contributed by atoms with Gasteiger partial charge in [0.15, 0.2) is 9.80 Å². The Bertz CT molecular complexity index is 754. The van der Waals surface area contributed by atoms with Gasteiger partial charge < -0.3 is 18.9 Å². The SMILES string of the molecule is Cc1ccc(S(=O)(=C=O)OCCOCCOCCOCC(=O)OC(C)(C)C)cc1. The van der Waals surface area contributed by atoms with Gasteiger partial charge in [0.05, 0.1) is 44.5 Å². The van der Waals surface area contributed by atoms with Crippen LogP contribution in [0.4, 0.5) is 0 Å². The first-order valence-corrected chi connectivity index (χ1v) is 10.7. The fourth-order valence-electron chi connectivity index (χ4n) is 2.03. The van der Waals surface area contributed by atoms with Crippen LogP contribution < -0.4 is 0 Å². The molecule has 8 nitrogen and oxygen atoms in total. The maximum absolute atomic E-state index is 12.5. The molecule has 164 valence electrons. The smallest absolute Gasteiger partial charge is 0.332 e. The van der Waals surface area contributed by atoms with E-state index in [0.717, 1.165) is 5.56 Å². The molecule has 1 atom stereocenters. The van der Waals surface area contributed by atoms with E-state index in [-0.39, 0.29) is 31.3 Å². The van der Waals surface area contributed by atoms with Crippen molar-refractivity contribution >= 4 is 21.0 Å². The number of esters is 1. The Morgan fingerprint density at radius 3 is 1.97 bits per heavy atom. The number of carbonyl (C=O) groups is 1. The van der Waals surface area contributed by atoms with E-state index in [0.29, 0.717) is 19.8 Å². The normalized spacial score (nSPS) is 13.5. The lowest BCUT2D eigenvalue weighted by atomic mass is 10.2. The minimum atomic E-state index is -3.32. The first-order chi connectivity index (χ1) is 13.7. The van der Waals surface area contributed by atoms with Crippen LogP contribution in [0.1, 0.15) is 26.3 Å². The summed E-state index contributed by atoms with van der Waals surface area (Å²) in [7, 11) is -3.32. The van der Waals surface area contributed by atoms with Crippen molar-refractivity contribution < 1.29 is 36.9 Å². The second kappa shape index (κ2) is 12.7. The van der Waals surface area contributed by atoms with E-state index in [1.807, 2.05) is 6.92 Å². The topological polar surface area (TPSA) is 97.4 Å². The van der Waals surface area contributed by atoms with Crippen molar-refractivity contribution in [2.45, 2.75) is 38.2 Å². The number of hydrogen-bond donors (Lipinski definition) is 0. The fraction of sp³-hybridized carbons (Fsp3) is 0.600. The highest BCUT2D eigenvalue weighted by Crippen LogP contribution is 2.13. The number of hydrogen-bond acceptors (Lipinski definition) is 8. The maximum Gasteiger partial charge on any atom is 0.332 e. The predicted octanol–water partition coefficient (Wildman–Crippen LogP) is 2.03. The maximum atomic E-state index is 12.5. The lowest BCUT2D eigenvalue weighted by Gasteiger charge is -2.19. The molecule has 1 unspecified atom stereocenters. The van der Waals surface area contributed by atoms with E-state index in [1.54, 1.807) is 45.0 Å². The van der Waals surface area contributed by atoms with Gasteiger partial charge in [-0.3, -0.25) is 4.18 Å². The molecule has 0 aliphatic rings. The van der Waals surface area contributed by atoms with E-state index >= 15 is 0 Å². The Hall–Kier alpha value is -1.74. The Balaban J connectivity index is 2.07. The first kappa shape index (κ1) is 25.3. The lowest BCUT2D eigenvalue weighted by Crippen LogP contribution is -2.27. The molecule has 0 heterocycles. The van der Waals surface area contributed by atoms with Gasteiger partial charge in [0.1, 0.15) is 12.2 Å². The molecule has 0 N–H and O–H groups in total. The molecule has 1 aromatic rings. The Morgan fingerprint density at radius 1 is 0.931 bits per heavy atom. The molecule has 0 aliphatic heterocycles. The quantitative estimate of drug-likeness (QED) is 0.266. The van der Waals surface area contributed by atoms with Crippen LogP contribution in [-0.4, -0.2) is 67.3 Å². The number of ether oxygens (including phenoxy) is 4. The molecule has 1 aromatic carbocycles. The molecule has 0 aromatic heterocycles. The summed E-state index contributed by atoms with van der Waals surface area (Å²) in [5.74, 6) is -0.421. The van der Waals surface area contributed by atoms with Crippen molar-refractivity contribution in [2.75, 3.05) is 46.2 Å². The van der Waals surface area contributed by atoms with Crippen LogP contribution in [0.5, 0.6) is 0 Å². The number of aryl methyl sites for hydroxylation is 1. The molecule has 0 fully saturated rings. The highest BCUT2D eigenvalue weighted by Gasteiger charge is 2.16. The molecule has 29 heavy (non-hydrogen) atoms. The fourth-order valence-corrected chi connectivity index (χ4v) is 3.11. The molecule has 1 rings (SSSR count). The van der Waals surface area contributed by atoms with Gasteiger partial charge in [-0.25, -0.2) is 13.8 Å². The average Bonchev–Trinajstić information content (AvgIpc) is 2.65. The zero-order chi connectivity index (χ0) is 21.8. The van der Waals surface area contributed by atoms with Crippen molar-refractivity contribution in [2.24, 2.45) is 0 Å². The molecule has 0 aliphatic carbocycles. The van der Waals surface area contributed by atoms with Gasteiger partial charge in [-0.2, -0.15) is 0 Å². The predicted molar refractivity (Wildman–Crippen MR) is 108 cm³/mol. The monoisotopic (exact) mass is 430 g/mol. The molecule has 9 heteroatoms. The summed E-state index contributed by atoms with van der Waals surface area (Å²) in [6.07, 6.45) is 0. The minimum absolute atomic E-state index is 0.0129. The van der Waals surface area contributed by atoms with Crippen LogP contribution in [0.15, 0.2) is 29.2 Å². The van der Waals surface area contributed by atoms with Crippen LogP contribution in [0.2, 0.25) is 0 Å². The molecule has 0 radical (unpaired) electrons. The number of benzene rings is 1. The minimum Gasteiger partial charge on any atom is -0.458 e.